The van der Waals surface area contributed by atoms with Crippen LogP contribution >= 0.6 is 0 Å². The van der Waals surface area contributed by atoms with Crippen LogP contribution in [0.5, 0.6) is 0 Å². The van der Waals surface area contributed by atoms with Gasteiger partial charge in [0.1, 0.15) is 18.1 Å². The number of carbonyl (C=O) groups is 6. The monoisotopic (exact) mass is 770 g/mol. The van der Waals surface area contributed by atoms with Crippen molar-refractivity contribution in [3.63, 3.8) is 0 Å². The molecule has 4 unspecified atom stereocenters. The SMILES string of the molecule is C=CCNC(=O)C(=O)C(CCCC)NC(=O)C1C[C@@H](C(C)C)CN1C(=O)C(NC(=O)NC(C(=O)N1CCN(c2ncccn2)CC1)C(C)C)C(C)(C)C.CC. The highest BCUT2D eigenvalue weighted by Gasteiger charge is 2.46. The number of urea groups is 1. The summed E-state index contributed by atoms with van der Waals surface area (Å²) in [7, 11) is 0. The van der Waals surface area contributed by atoms with Gasteiger partial charge in [0.05, 0.1) is 6.04 Å². The van der Waals surface area contributed by atoms with Gasteiger partial charge in [-0.15, -0.1) is 6.58 Å². The second kappa shape index (κ2) is 22.1. The van der Waals surface area contributed by atoms with Crippen molar-refractivity contribution >= 4 is 41.4 Å². The van der Waals surface area contributed by atoms with Crippen LogP contribution in [0.1, 0.15) is 94.9 Å². The Hall–Kier alpha value is -4.56. The van der Waals surface area contributed by atoms with Crippen molar-refractivity contribution in [3.8, 4) is 0 Å². The first-order valence-corrected chi connectivity index (χ1v) is 19.9. The van der Waals surface area contributed by atoms with Gasteiger partial charge in [0.15, 0.2) is 0 Å². The van der Waals surface area contributed by atoms with E-state index in [9.17, 15) is 28.8 Å². The van der Waals surface area contributed by atoms with Crippen molar-refractivity contribution < 1.29 is 28.8 Å². The number of Topliss-reactive ketones (excluding diaryl/α,β-unsaturated/α-hetero) is 1. The van der Waals surface area contributed by atoms with Crippen molar-refractivity contribution in [1.82, 2.24) is 41.0 Å². The number of hydrogen-bond acceptors (Lipinski definition) is 9. The molecular formula is C40H67N9O6. The molecule has 0 saturated carbocycles. The van der Waals surface area contributed by atoms with E-state index in [4.69, 9.17) is 0 Å². The van der Waals surface area contributed by atoms with Crippen LogP contribution < -0.4 is 26.2 Å². The molecule has 1 aromatic rings. The van der Waals surface area contributed by atoms with Crippen LogP contribution in [0.3, 0.4) is 0 Å². The summed E-state index contributed by atoms with van der Waals surface area (Å²) in [6, 6.07) is -2.78. The maximum atomic E-state index is 14.5. The second-order valence-electron chi connectivity index (χ2n) is 15.8. The quantitative estimate of drug-likeness (QED) is 0.145. The predicted molar refractivity (Wildman–Crippen MR) is 214 cm³/mol. The molecule has 0 radical (unpaired) electrons. The Balaban J connectivity index is 0.00000514. The van der Waals surface area contributed by atoms with Gasteiger partial charge in [-0.05, 0) is 42.1 Å². The van der Waals surface area contributed by atoms with Crippen LogP contribution in [0.15, 0.2) is 31.1 Å². The van der Waals surface area contributed by atoms with Crippen molar-refractivity contribution in [3.05, 3.63) is 31.1 Å². The van der Waals surface area contributed by atoms with E-state index in [1.165, 1.54) is 11.0 Å². The van der Waals surface area contributed by atoms with E-state index in [1.807, 2.05) is 74.1 Å². The summed E-state index contributed by atoms with van der Waals surface area (Å²) in [4.78, 5) is 95.2. The average Bonchev–Trinajstić information content (AvgIpc) is 3.63. The minimum absolute atomic E-state index is 0.0123. The Kier molecular flexibility index (Phi) is 18.7. The number of likely N-dealkylation sites (tertiary alicyclic amines) is 1. The van der Waals surface area contributed by atoms with Crippen LogP contribution in [0.2, 0.25) is 0 Å². The van der Waals surface area contributed by atoms with E-state index < -0.39 is 59.1 Å². The Morgan fingerprint density at radius 1 is 0.927 bits per heavy atom. The Bertz CT molecular complexity index is 1440. The van der Waals surface area contributed by atoms with Crippen molar-refractivity contribution in [2.24, 2.45) is 23.2 Å². The lowest BCUT2D eigenvalue weighted by molar-refractivity contribution is -0.143. The molecule has 5 atom stereocenters. The lowest BCUT2D eigenvalue weighted by Crippen LogP contribution is -2.62. The average molecular weight is 770 g/mol. The Morgan fingerprint density at radius 2 is 1.55 bits per heavy atom. The van der Waals surface area contributed by atoms with Gasteiger partial charge in [0.2, 0.25) is 29.5 Å². The highest BCUT2D eigenvalue weighted by Crippen LogP contribution is 2.32. The van der Waals surface area contributed by atoms with Gasteiger partial charge in [-0.3, -0.25) is 24.0 Å². The topological polar surface area (TPSA) is 186 Å². The van der Waals surface area contributed by atoms with Gasteiger partial charge in [-0.1, -0.05) is 88.2 Å². The molecule has 4 N–H and O–H groups in total. The standard InChI is InChI=1S/C38H61N9O6.C2H6/c1-10-12-14-27(30(48)33(50)39-15-11-2)42-32(49)28-22-26(24(3)4)23-47(28)35(52)31(38(7,8)9)44-37(53)43-29(25(5)6)34(51)45-18-20-46(21-19-45)36-40-16-13-17-41-36;1-2/h11,13,16-17,24-29,31H,2,10,12,14-15,18-23H2,1,3-9H3,(H,39,50)(H,42,49)(H2,43,44,53);1-2H3/t26-,27?,28?,29?,31?;/m1./s1. The van der Waals surface area contributed by atoms with Crippen molar-refractivity contribution in [1.29, 1.82) is 0 Å². The molecule has 2 fully saturated rings. The lowest BCUT2D eigenvalue weighted by atomic mass is 9.85. The first kappa shape index (κ1) is 46.6. The van der Waals surface area contributed by atoms with Gasteiger partial charge < -0.3 is 36.0 Å². The highest BCUT2D eigenvalue weighted by atomic mass is 16.2. The van der Waals surface area contributed by atoms with Crippen LogP contribution in [-0.4, -0.2) is 119 Å². The molecule has 0 bridgehead atoms. The maximum absolute atomic E-state index is 14.5. The maximum Gasteiger partial charge on any atom is 0.316 e. The number of carbonyl (C=O) groups excluding carboxylic acids is 6. The number of piperazine rings is 1. The molecule has 1 aromatic heterocycles. The largest absolute Gasteiger partial charge is 0.346 e. The smallest absolute Gasteiger partial charge is 0.316 e. The second-order valence-corrected chi connectivity index (χ2v) is 15.8. The fourth-order valence-corrected chi connectivity index (χ4v) is 6.62. The molecule has 3 rings (SSSR count). The zero-order valence-corrected chi connectivity index (χ0v) is 34.8. The summed E-state index contributed by atoms with van der Waals surface area (Å²) in [5.74, 6) is -2.25. The zero-order valence-electron chi connectivity index (χ0n) is 34.8. The molecule has 15 nitrogen and oxygen atoms in total. The predicted octanol–water partition coefficient (Wildman–Crippen LogP) is 3.31. The highest BCUT2D eigenvalue weighted by molar-refractivity contribution is 6.38. The lowest BCUT2D eigenvalue weighted by Gasteiger charge is -2.38. The first-order valence-electron chi connectivity index (χ1n) is 19.9. The fourth-order valence-electron chi connectivity index (χ4n) is 6.62. The first-order chi connectivity index (χ1) is 26.0. The molecule has 55 heavy (non-hydrogen) atoms. The number of anilines is 1. The minimum atomic E-state index is -1.05. The summed E-state index contributed by atoms with van der Waals surface area (Å²) in [5.41, 5.74) is -0.776. The molecule has 15 heteroatoms. The Morgan fingerprint density at radius 3 is 2.07 bits per heavy atom. The fraction of sp³-hybridized carbons (Fsp3) is 0.700. The van der Waals surface area contributed by atoms with Gasteiger partial charge >= 0.3 is 6.03 Å². The molecule has 0 spiro atoms. The molecular weight excluding hydrogens is 702 g/mol. The third-order valence-electron chi connectivity index (χ3n) is 10.0. The number of nitrogens with zero attached hydrogens (tertiary/aromatic N) is 5. The van der Waals surface area contributed by atoms with Crippen LogP contribution in [-0.2, 0) is 24.0 Å². The number of hydrogen-bond donors (Lipinski definition) is 4. The molecule has 2 aliphatic heterocycles. The van der Waals surface area contributed by atoms with Gasteiger partial charge in [-0.2, -0.15) is 0 Å². The van der Waals surface area contributed by atoms with E-state index in [-0.39, 0.29) is 43.2 Å². The molecule has 2 saturated heterocycles. The molecule has 0 aromatic carbocycles. The molecule has 308 valence electrons. The Labute approximate surface area is 328 Å². The van der Waals surface area contributed by atoms with Crippen LogP contribution in [0, 0.1) is 23.2 Å². The summed E-state index contributed by atoms with van der Waals surface area (Å²) >= 11 is 0. The summed E-state index contributed by atoms with van der Waals surface area (Å²) < 4.78 is 0. The summed E-state index contributed by atoms with van der Waals surface area (Å²) in [6.45, 7) is 25.1. The van der Waals surface area contributed by atoms with Gasteiger partial charge in [-0.25, -0.2) is 14.8 Å². The van der Waals surface area contributed by atoms with E-state index >= 15 is 0 Å². The summed E-state index contributed by atoms with van der Waals surface area (Å²) in [5, 5.41) is 11.0. The van der Waals surface area contributed by atoms with Crippen LogP contribution in [0.25, 0.3) is 0 Å². The van der Waals surface area contributed by atoms with E-state index in [1.54, 1.807) is 23.4 Å². The molecule has 3 heterocycles. The van der Waals surface area contributed by atoms with Gasteiger partial charge in [0.25, 0.3) is 5.91 Å². The number of nitrogens with one attached hydrogen (secondary N) is 4. The normalized spacial score (nSPS) is 18.7. The third kappa shape index (κ3) is 13.3. The zero-order chi connectivity index (χ0) is 41.5. The third-order valence-corrected chi connectivity index (χ3v) is 10.0. The number of amides is 6. The van der Waals surface area contributed by atoms with Gasteiger partial charge in [0, 0.05) is 51.7 Å². The van der Waals surface area contributed by atoms with Crippen molar-refractivity contribution in [2.75, 3.05) is 44.2 Å². The minimum Gasteiger partial charge on any atom is -0.346 e. The van der Waals surface area contributed by atoms with Crippen LogP contribution in [0.4, 0.5) is 10.7 Å². The number of aromatic nitrogens is 2. The van der Waals surface area contributed by atoms with E-state index in [0.717, 1.165) is 6.42 Å². The van der Waals surface area contributed by atoms with E-state index in [2.05, 4.69) is 37.8 Å². The number of ketones is 1. The molecule has 6 amide bonds. The van der Waals surface area contributed by atoms with E-state index in [0.29, 0.717) is 45.0 Å². The summed E-state index contributed by atoms with van der Waals surface area (Å²) in [6.07, 6.45) is 6.81. The number of rotatable bonds is 16. The molecule has 2 aliphatic rings. The van der Waals surface area contributed by atoms with Crippen molar-refractivity contribution in [2.45, 2.75) is 119 Å². The molecule has 0 aliphatic carbocycles. The number of unbranched alkanes of at least 4 members (excludes halogenated alkanes) is 1.